The van der Waals surface area contributed by atoms with E-state index in [1.807, 2.05) is 49.4 Å². The average molecular weight is 517 g/mol. The van der Waals surface area contributed by atoms with Crippen LogP contribution in [0.3, 0.4) is 0 Å². The Kier molecular flexibility index (Phi) is 8.81. The van der Waals surface area contributed by atoms with Gasteiger partial charge in [0.25, 0.3) is 0 Å². The summed E-state index contributed by atoms with van der Waals surface area (Å²) in [6, 6.07) is 19.4. The van der Waals surface area contributed by atoms with E-state index >= 15 is 0 Å². The van der Waals surface area contributed by atoms with E-state index in [4.69, 9.17) is 15.4 Å². The lowest BCUT2D eigenvalue weighted by Gasteiger charge is -2.40. The van der Waals surface area contributed by atoms with Gasteiger partial charge in [-0.15, -0.1) is 0 Å². The van der Waals surface area contributed by atoms with Gasteiger partial charge in [-0.1, -0.05) is 48.4 Å². The average Bonchev–Trinajstić information content (AvgIpc) is 3.36. The molecule has 0 aliphatic carbocycles. The van der Waals surface area contributed by atoms with Crippen molar-refractivity contribution in [1.29, 1.82) is 0 Å². The van der Waals surface area contributed by atoms with E-state index in [9.17, 15) is 14.7 Å². The first-order valence-electron chi connectivity index (χ1n) is 12.5. The molecule has 1 fully saturated rings. The lowest BCUT2D eigenvalue weighted by molar-refractivity contribution is 0.0695. The van der Waals surface area contributed by atoms with Gasteiger partial charge in [0, 0.05) is 32.6 Å². The van der Waals surface area contributed by atoms with Crippen molar-refractivity contribution < 1.29 is 24.2 Å². The molecule has 198 valence electrons. The Balaban J connectivity index is 1.40. The third kappa shape index (κ3) is 6.61. The first kappa shape index (κ1) is 26.9. The van der Waals surface area contributed by atoms with Gasteiger partial charge in [-0.05, 0) is 47.7 Å². The summed E-state index contributed by atoms with van der Waals surface area (Å²) in [4.78, 5) is 27.2. The van der Waals surface area contributed by atoms with E-state index in [2.05, 4.69) is 33.8 Å². The molecule has 4 rings (SSSR count). The molecule has 38 heavy (non-hydrogen) atoms. The number of piperazine rings is 1. The number of hydrazine groups is 1. The molecular formula is C29H32N4O5. The third-order valence-corrected chi connectivity index (χ3v) is 6.76. The number of hydrogen-bond donors (Lipinski definition) is 3. The highest BCUT2D eigenvalue weighted by Crippen LogP contribution is 2.33. The molecule has 1 aromatic heterocycles. The topological polar surface area (TPSA) is 123 Å². The van der Waals surface area contributed by atoms with E-state index in [0.717, 1.165) is 48.6 Å². The minimum atomic E-state index is -1.19. The van der Waals surface area contributed by atoms with Crippen LogP contribution in [0.2, 0.25) is 0 Å². The van der Waals surface area contributed by atoms with Crippen LogP contribution >= 0.6 is 0 Å². The van der Waals surface area contributed by atoms with Crippen molar-refractivity contribution in [1.82, 2.24) is 14.8 Å². The Hall–Kier alpha value is -4.10. The van der Waals surface area contributed by atoms with Gasteiger partial charge in [-0.2, -0.15) is 0 Å². The summed E-state index contributed by atoms with van der Waals surface area (Å²) in [6.45, 7) is 6.00. The van der Waals surface area contributed by atoms with Crippen LogP contribution in [0.5, 0.6) is 0 Å². The Labute approximate surface area is 222 Å². The molecule has 2 heterocycles. The highest BCUT2D eigenvalue weighted by molar-refractivity contribution is 5.89. The first-order chi connectivity index (χ1) is 18.3. The highest BCUT2D eigenvalue weighted by Gasteiger charge is 2.28. The second-order valence-corrected chi connectivity index (χ2v) is 9.24. The molecule has 1 aliphatic rings. The smallest absolute Gasteiger partial charge is 0.421 e. The Morgan fingerprint density at radius 1 is 1.03 bits per heavy atom. The summed E-state index contributed by atoms with van der Waals surface area (Å²) in [7, 11) is 0. The molecule has 9 heteroatoms. The molecule has 2 aromatic carbocycles. The van der Waals surface area contributed by atoms with Crippen LogP contribution in [0.25, 0.3) is 0 Å². The van der Waals surface area contributed by atoms with Gasteiger partial charge in [0.15, 0.2) is 5.76 Å². The number of carboxylic acids is 1. The van der Waals surface area contributed by atoms with Crippen molar-refractivity contribution in [3.8, 4) is 11.8 Å². The predicted octanol–water partition coefficient (Wildman–Crippen LogP) is 3.79. The number of hydrogen-bond acceptors (Lipinski definition) is 6. The van der Waals surface area contributed by atoms with E-state index in [1.165, 1.54) is 0 Å². The molecule has 1 atom stereocenters. The number of benzene rings is 2. The molecule has 1 saturated heterocycles. The third-order valence-electron chi connectivity index (χ3n) is 6.76. The molecule has 0 saturated carbocycles. The van der Waals surface area contributed by atoms with Crippen LogP contribution in [0.1, 0.15) is 51.0 Å². The number of aromatic carboxylic acids is 1. The molecule has 1 unspecified atom stereocenters. The van der Waals surface area contributed by atoms with Gasteiger partial charge in [-0.3, -0.25) is 9.80 Å². The highest BCUT2D eigenvalue weighted by atomic mass is 16.4. The van der Waals surface area contributed by atoms with Crippen LogP contribution in [-0.2, 0) is 6.54 Å². The zero-order chi connectivity index (χ0) is 27.1. The predicted molar refractivity (Wildman–Crippen MR) is 142 cm³/mol. The monoisotopic (exact) mass is 516 g/mol. The van der Waals surface area contributed by atoms with E-state index < -0.39 is 12.1 Å². The number of nitrogens with two attached hydrogens (primary N) is 1. The zero-order valence-corrected chi connectivity index (χ0v) is 21.3. The van der Waals surface area contributed by atoms with Gasteiger partial charge in [0.2, 0.25) is 0 Å². The van der Waals surface area contributed by atoms with E-state index in [0.29, 0.717) is 29.3 Å². The van der Waals surface area contributed by atoms with Crippen molar-refractivity contribution in [2.24, 2.45) is 5.84 Å². The summed E-state index contributed by atoms with van der Waals surface area (Å²) in [6.07, 6.45) is -0.871. The molecule has 1 aliphatic heterocycles. The summed E-state index contributed by atoms with van der Waals surface area (Å²) in [5, 5.41) is 19.1. The summed E-state index contributed by atoms with van der Waals surface area (Å²) >= 11 is 0. The van der Waals surface area contributed by atoms with Crippen molar-refractivity contribution in [2.75, 3.05) is 32.7 Å². The molecule has 3 aromatic rings. The number of carbonyl (C=O) groups is 2. The Bertz CT molecular complexity index is 1320. The van der Waals surface area contributed by atoms with Crippen LogP contribution in [-0.4, -0.2) is 69.8 Å². The van der Waals surface area contributed by atoms with Gasteiger partial charge >= 0.3 is 12.1 Å². The fourth-order valence-electron chi connectivity index (χ4n) is 4.76. The largest absolute Gasteiger partial charge is 0.478 e. The quantitative estimate of drug-likeness (QED) is 0.179. The number of amides is 1. The van der Waals surface area contributed by atoms with Crippen LogP contribution < -0.4 is 5.84 Å². The van der Waals surface area contributed by atoms with Crippen molar-refractivity contribution >= 4 is 12.1 Å². The van der Waals surface area contributed by atoms with E-state index in [-0.39, 0.29) is 12.6 Å². The maximum Gasteiger partial charge on any atom is 0.421 e. The van der Waals surface area contributed by atoms with Crippen molar-refractivity contribution in [2.45, 2.75) is 25.9 Å². The van der Waals surface area contributed by atoms with E-state index in [1.54, 1.807) is 6.07 Å². The van der Waals surface area contributed by atoms with Crippen LogP contribution in [0.15, 0.2) is 65.1 Å². The summed E-state index contributed by atoms with van der Waals surface area (Å²) in [5.74, 6) is 11.6. The number of carboxylic acid groups (broad SMARTS) is 2. The summed E-state index contributed by atoms with van der Waals surface area (Å²) in [5.41, 5.74) is 3.28. The SMILES string of the molecule is Cc1c(C(=O)O)cccc1C(c1ccccc1)N1CCN(Cc2ccc(C#CCCN(N)C(=O)O)o2)CC1. The molecule has 0 radical (unpaired) electrons. The lowest BCUT2D eigenvalue weighted by Crippen LogP contribution is -2.47. The molecule has 0 spiro atoms. The fourth-order valence-corrected chi connectivity index (χ4v) is 4.76. The minimum Gasteiger partial charge on any atom is -0.478 e. The van der Waals surface area contributed by atoms with Gasteiger partial charge in [-0.25, -0.2) is 20.4 Å². The second kappa shape index (κ2) is 12.4. The van der Waals surface area contributed by atoms with Crippen LogP contribution in [0, 0.1) is 18.8 Å². The second-order valence-electron chi connectivity index (χ2n) is 9.24. The minimum absolute atomic E-state index is 0.0336. The summed E-state index contributed by atoms with van der Waals surface area (Å²) < 4.78 is 5.86. The number of nitrogens with zero attached hydrogens (tertiary/aromatic N) is 3. The molecule has 4 N–H and O–H groups in total. The maximum atomic E-state index is 11.8. The Morgan fingerprint density at radius 3 is 2.45 bits per heavy atom. The number of furan rings is 1. The lowest BCUT2D eigenvalue weighted by atomic mass is 9.90. The standard InChI is InChI=1S/C29H32N4O5/c1-21-25(11-7-12-26(21)28(34)35)27(22-8-3-2-4-9-22)32-18-16-31(17-19-32)20-24-14-13-23(38-24)10-5-6-15-33(30)29(36)37/h2-4,7-9,11-14,27H,6,15-20,30H2,1H3,(H,34,35)(H,36,37). The fraction of sp³-hybridized carbons (Fsp3) is 0.310. The van der Waals surface area contributed by atoms with Gasteiger partial charge in [0.05, 0.1) is 24.7 Å². The molecule has 0 bridgehead atoms. The molecular weight excluding hydrogens is 484 g/mol. The van der Waals surface area contributed by atoms with Crippen molar-refractivity contribution in [3.05, 3.63) is 94.4 Å². The van der Waals surface area contributed by atoms with Crippen LogP contribution in [0.4, 0.5) is 4.79 Å². The normalized spacial score (nSPS) is 14.9. The molecule has 1 amide bonds. The Morgan fingerprint density at radius 2 is 1.76 bits per heavy atom. The van der Waals surface area contributed by atoms with Crippen molar-refractivity contribution in [3.63, 3.8) is 0 Å². The van der Waals surface area contributed by atoms with Gasteiger partial charge in [0.1, 0.15) is 5.76 Å². The zero-order valence-electron chi connectivity index (χ0n) is 21.3. The molecule has 9 nitrogen and oxygen atoms in total. The number of rotatable bonds is 8. The van der Waals surface area contributed by atoms with Gasteiger partial charge < -0.3 is 14.6 Å². The maximum absolute atomic E-state index is 11.8. The first-order valence-corrected chi connectivity index (χ1v) is 12.5.